The molecule has 0 bridgehead atoms. The van der Waals surface area contributed by atoms with Crippen LogP contribution in [0.5, 0.6) is 5.75 Å². The molecule has 2 aromatic rings. The molecule has 1 N–H and O–H groups in total. The van der Waals surface area contributed by atoms with Crippen LogP contribution in [0, 0.1) is 0 Å². The van der Waals surface area contributed by atoms with Gasteiger partial charge >= 0.3 is 0 Å². The molecular weight excluding hydrogens is 316 g/mol. The number of nitrogens with one attached hydrogen (secondary N) is 1. The van der Waals surface area contributed by atoms with E-state index in [0.717, 1.165) is 34.5 Å². The van der Waals surface area contributed by atoms with Crippen LogP contribution in [0.2, 0.25) is 0 Å². The number of para-hydroxylation sites is 1. The number of anilines is 1. The summed E-state index contributed by atoms with van der Waals surface area (Å²) >= 11 is 0. The number of ether oxygens (including phenoxy) is 1. The van der Waals surface area contributed by atoms with E-state index in [1.54, 1.807) is 0 Å². The molecule has 2 aromatic carbocycles. The number of carbonyl (C=O) groups excluding carboxylic acids is 2. The highest BCUT2D eigenvalue weighted by Crippen LogP contribution is 2.36. The fraction of sp³-hybridized carbons (Fsp3) is 0.300. The van der Waals surface area contributed by atoms with E-state index in [0.29, 0.717) is 19.7 Å². The van der Waals surface area contributed by atoms with Crippen molar-refractivity contribution in [2.75, 3.05) is 18.5 Å². The molecule has 128 valence electrons. The van der Waals surface area contributed by atoms with Gasteiger partial charge in [-0.25, -0.2) is 0 Å². The Kier molecular flexibility index (Phi) is 3.92. The van der Waals surface area contributed by atoms with E-state index in [-0.39, 0.29) is 17.7 Å². The highest BCUT2D eigenvalue weighted by Gasteiger charge is 2.34. The molecule has 0 saturated carbocycles. The number of hydrogen-bond donors (Lipinski definition) is 1. The van der Waals surface area contributed by atoms with Gasteiger partial charge in [0.05, 0.1) is 0 Å². The lowest BCUT2D eigenvalue weighted by atomic mass is 9.94. The molecule has 0 unspecified atom stereocenters. The molecule has 0 radical (unpaired) electrons. The first kappa shape index (κ1) is 15.7. The van der Waals surface area contributed by atoms with Crippen molar-refractivity contribution in [3.8, 4) is 5.75 Å². The van der Waals surface area contributed by atoms with Crippen molar-refractivity contribution >= 4 is 17.5 Å². The minimum Gasteiger partial charge on any atom is -0.492 e. The lowest BCUT2D eigenvalue weighted by Crippen LogP contribution is -2.39. The Morgan fingerprint density at radius 2 is 2.00 bits per heavy atom. The van der Waals surface area contributed by atoms with E-state index in [9.17, 15) is 9.59 Å². The molecule has 2 heterocycles. The first-order chi connectivity index (χ1) is 12.1. The Balaban J connectivity index is 1.55. The molecule has 0 spiro atoms. The largest absolute Gasteiger partial charge is 0.492 e. The lowest BCUT2D eigenvalue weighted by Gasteiger charge is -2.31. The number of carbonyl (C=O) groups is 2. The zero-order chi connectivity index (χ0) is 17.4. The maximum Gasteiger partial charge on any atom is 0.234 e. The number of amides is 2. The summed E-state index contributed by atoms with van der Waals surface area (Å²) in [6, 6.07) is 13.6. The van der Waals surface area contributed by atoms with Gasteiger partial charge in [0, 0.05) is 31.3 Å². The van der Waals surface area contributed by atoms with Crippen molar-refractivity contribution in [3.63, 3.8) is 0 Å². The van der Waals surface area contributed by atoms with Gasteiger partial charge in [0.2, 0.25) is 11.8 Å². The van der Waals surface area contributed by atoms with Crippen LogP contribution in [0.3, 0.4) is 0 Å². The smallest absolute Gasteiger partial charge is 0.234 e. The lowest BCUT2D eigenvalue weighted by molar-refractivity contribution is -0.134. The van der Waals surface area contributed by atoms with Gasteiger partial charge in [0.1, 0.15) is 18.3 Å². The van der Waals surface area contributed by atoms with Crippen molar-refractivity contribution in [2.24, 2.45) is 0 Å². The van der Waals surface area contributed by atoms with Crippen molar-refractivity contribution in [1.82, 2.24) is 4.90 Å². The van der Waals surface area contributed by atoms with Crippen LogP contribution < -0.4 is 10.1 Å². The number of fused-ring (bicyclic) bond motifs is 2. The highest BCUT2D eigenvalue weighted by atomic mass is 16.5. The van der Waals surface area contributed by atoms with Crippen molar-refractivity contribution in [3.05, 3.63) is 59.2 Å². The van der Waals surface area contributed by atoms with Crippen molar-refractivity contribution in [2.45, 2.75) is 25.8 Å². The summed E-state index contributed by atoms with van der Waals surface area (Å²) < 4.78 is 5.66. The molecule has 2 amide bonds. The second kappa shape index (κ2) is 6.24. The zero-order valence-corrected chi connectivity index (χ0v) is 14.1. The molecule has 0 aromatic heterocycles. The quantitative estimate of drug-likeness (QED) is 0.917. The van der Waals surface area contributed by atoms with Gasteiger partial charge in [-0.3, -0.25) is 9.59 Å². The minimum absolute atomic E-state index is 0.0772. The zero-order valence-electron chi connectivity index (χ0n) is 14.1. The third-order valence-corrected chi connectivity index (χ3v) is 4.89. The standard InChI is InChI=1S/C20H20N2O3/c1-13(23)21-18-7-4-5-14-11-22(10-9-15(14)18)20(24)17-12-25-19-8-3-2-6-16(17)19/h2-8,17H,9-12H2,1H3,(H,21,23)/t17-/m0/s1. The van der Waals surface area contributed by atoms with Crippen molar-refractivity contribution < 1.29 is 14.3 Å². The second-order valence-corrected chi connectivity index (χ2v) is 6.54. The number of benzene rings is 2. The van der Waals surface area contributed by atoms with Gasteiger partial charge in [-0.05, 0) is 29.7 Å². The molecular formula is C20H20N2O3. The monoisotopic (exact) mass is 336 g/mol. The Labute approximate surface area is 146 Å². The summed E-state index contributed by atoms with van der Waals surface area (Å²) in [6.07, 6.45) is 0.743. The van der Waals surface area contributed by atoms with Gasteiger partial charge < -0.3 is 15.0 Å². The predicted octanol–water partition coefficient (Wildman–Crippen LogP) is 2.71. The van der Waals surface area contributed by atoms with Gasteiger partial charge in [-0.2, -0.15) is 0 Å². The maximum atomic E-state index is 13.0. The summed E-state index contributed by atoms with van der Waals surface area (Å²) in [7, 11) is 0. The van der Waals surface area contributed by atoms with Crippen LogP contribution in [0.4, 0.5) is 5.69 Å². The molecule has 4 rings (SSSR count). The molecule has 0 fully saturated rings. The van der Waals surface area contributed by atoms with Gasteiger partial charge in [0.15, 0.2) is 0 Å². The summed E-state index contributed by atoms with van der Waals surface area (Å²) in [6.45, 7) is 3.14. The Morgan fingerprint density at radius 3 is 2.84 bits per heavy atom. The van der Waals surface area contributed by atoms with E-state index < -0.39 is 0 Å². The molecule has 0 aliphatic carbocycles. The van der Waals surface area contributed by atoms with E-state index in [2.05, 4.69) is 5.32 Å². The van der Waals surface area contributed by atoms with Crippen molar-refractivity contribution in [1.29, 1.82) is 0 Å². The summed E-state index contributed by atoms with van der Waals surface area (Å²) in [4.78, 5) is 26.3. The van der Waals surface area contributed by atoms with Crippen LogP contribution in [0.15, 0.2) is 42.5 Å². The number of hydrogen-bond acceptors (Lipinski definition) is 3. The molecule has 25 heavy (non-hydrogen) atoms. The highest BCUT2D eigenvalue weighted by molar-refractivity contribution is 5.90. The predicted molar refractivity (Wildman–Crippen MR) is 94.5 cm³/mol. The maximum absolute atomic E-state index is 13.0. The Bertz CT molecular complexity index is 847. The number of nitrogens with zero attached hydrogens (tertiary/aromatic N) is 1. The fourth-order valence-corrected chi connectivity index (χ4v) is 3.69. The van der Waals surface area contributed by atoms with E-state index in [4.69, 9.17) is 4.74 Å². The molecule has 5 nitrogen and oxygen atoms in total. The molecule has 0 saturated heterocycles. The average molecular weight is 336 g/mol. The third-order valence-electron chi connectivity index (χ3n) is 4.89. The topological polar surface area (TPSA) is 58.6 Å². The minimum atomic E-state index is -0.226. The van der Waals surface area contributed by atoms with Crippen LogP contribution in [-0.4, -0.2) is 29.9 Å². The van der Waals surface area contributed by atoms with E-state index in [1.807, 2.05) is 47.4 Å². The molecule has 2 aliphatic rings. The second-order valence-electron chi connectivity index (χ2n) is 6.54. The normalized spacial score (nSPS) is 18.1. The van der Waals surface area contributed by atoms with Crippen LogP contribution in [0.1, 0.15) is 29.5 Å². The molecule has 2 aliphatic heterocycles. The van der Waals surface area contributed by atoms with Gasteiger partial charge in [-0.15, -0.1) is 0 Å². The molecule has 5 heteroatoms. The first-order valence-corrected chi connectivity index (χ1v) is 8.52. The third kappa shape index (κ3) is 2.86. The van der Waals surface area contributed by atoms with Gasteiger partial charge in [0.25, 0.3) is 0 Å². The van der Waals surface area contributed by atoms with Gasteiger partial charge in [-0.1, -0.05) is 30.3 Å². The Morgan fingerprint density at radius 1 is 1.16 bits per heavy atom. The van der Waals surface area contributed by atoms with E-state index >= 15 is 0 Å². The Hall–Kier alpha value is -2.82. The summed E-state index contributed by atoms with van der Waals surface area (Å²) in [5.41, 5.74) is 4.06. The first-order valence-electron chi connectivity index (χ1n) is 8.52. The van der Waals surface area contributed by atoms with Crippen LogP contribution >= 0.6 is 0 Å². The summed E-state index contributed by atoms with van der Waals surface area (Å²) in [5, 5.41) is 2.88. The van der Waals surface area contributed by atoms with Crippen LogP contribution in [0.25, 0.3) is 0 Å². The number of rotatable bonds is 2. The SMILES string of the molecule is CC(=O)Nc1cccc2c1CCN(C(=O)[C@H]1COc3ccccc31)C2. The van der Waals surface area contributed by atoms with E-state index in [1.165, 1.54) is 6.92 Å². The summed E-state index contributed by atoms with van der Waals surface area (Å²) in [5.74, 6) is 0.620. The molecule has 1 atom stereocenters. The average Bonchev–Trinajstić information content (AvgIpc) is 3.04. The fourth-order valence-electron chi connectivity index (χ4n) is 3.69. The van der Waals surface area contributed by atoms with Crippen LogP contribution in [-0.2, 0) is 22.6 Å².